The van der Waals surface area contributed by atoms with Crippen molar-refractivity contribution < 1.29 is 0 Å². The predicted octanol–water partition coefficient (Wildman–Crippen LogP) is 2.25. The highest BCUT2D eigenvalue weighted by atomic mass is 15.3. The Morgan fingerprint density at radius 3 is 2.90 bits per heavy atom. The van der Waals surface area contributed by atoms with E-state index in [0.717, 1.165) is 44.2 Å². The molecule has 4 nitrogen and oxygen atoms in total. The summed E-state index contributed by atoms with van der Waals surface area (Å²) in [6, 6.07) is 10.3. The van der Waals surface area contributed by atoms with E-state index in [1.807, 2.05) is 12.3 Å². The first kappa shape index (κ1) is 13.1. The van der Waals surface area contributed by atoms with Crippen LogP contribution in [0.1, 0.15) is 12.0 Å². The standard InChI is InChI=1S/C16H20N4/c1-13-5-2-3-6-14(13)15-7-9-18-16(19-15)20-11-4-8-17-10-12-20/h2-3,5-7,9,17H,4,8,10-12H2,1H3. The molecule has 0 amide bonds. The molecular formula is C16H20N4. The van der Waals surface area contributed by atoms with Gasteiger partial charge in [0.15, 0.2) is 0 Å². The largest absolute Gasteiger partial charge is 0.339 e. The van der Waals surface area contributed by atoms with Gasteiger partial charge in [0.25, 0.3) is 0 Å². The van der Waals surface area contributed by atoms with E-state index < -0.39 is 0 Å². The van der Waals surface area contributed by atoms with Crippen molar-refractivity contribution in [3.8, 4) is 11.3 Å². The summed E-state index contributed by atoms with van der Waals surface area (Å²) in [6.45, 7) is 6.18. The van der Waals surface area contributed by atoms with Crippen LogP contribution in [0.2, 0.25) is 0 Å². The number of nitrogens with one attached hydrogen (secondary N) is 1. The molecule has 0 spiro atoms. The molecule has 1 aromatic carbocycles. The summed E-state index contributed by atoms with van der Waals surface area (Å²) < 4.78 is 0. The Balaban J connectivity index is 1.91. The summed E-state index contributed by atoms with van der Waals surface area (Å²) in [4.78, 5) is 11.5. The van der Waals surface area contributed by atoms with Crippen LogP contribution in [0.5, 0.6) is 0 Å². The van der Waals surface area contributed by atoms with Crippen LogP contribution in [-0.2, 0) is 0 Å². The first-order chi connectivity index (χ1) is 9.84. The molecule has 0 bridgehead atoms. The zero-order chi connectivity index (χ0) is 13.8. The van der Waals surface area contributed by atoms with E-state index in [2.05, 4.69) is 46.4 Å². The van der Waals surface area contributed by atoms with Gasteiger partial charge in [0.05, 0.1) is 5.69 Å². The van der Waals surface area contributed by atoms with Crippen LogP contribution in [0, 0.1) is 6.92 Å². The lowest BCUT2D eigenvalue weighted by atomic mass is 10.1. The fourth-order valence-electron chi connectivity index (χ4n) is 2.56. The Morgan fingerprint density at radius 2 is 2.00 bits per heavy atom. The highest BCUT2D eigenvalue weighted by Crippen LogP contribution is 2.22. The lowest BCUT2D eigenvalue weighted by Gasteiger charge is -2.20. The Morgan fingerprint density at radius 1 is 1.10 bits per heavy atom. The van der Waals surface area contributed by atoms with Gasteiger partial charge in [-0.2, -0.15) is 0 Å². The summed E-state index contributed by atoms with van der Waals surface area (Å²) in [5.41, 5.74) is 3.43. The predicted molar refractivity (Wildman–Crippen MR) is 81.9 cm³/mol. The van der Waals surface area contributed by atoms with Gasteiger partial charge in [0.1, 0.15) is 0 Å². The number of hydrogen-bond acceptors (Lipinski definition) is 4. The van der Waals surface area contributed by atoms with E-state index in [-0.39, 0.29) is 0 Å². The van der Waals surface area contributed by atoms with Gasteiger partial charge in [-0.05, 0) is 31.5 Å². The van der Waals surface area contributed by atoms with Crippen LogP contribution in [0.3, 0.4) is 0 Å². The number of rotatable bonds is 2. The second-order valence-corrected chi connectivity index (χ2v) is 5.15. The molecule has 1 fully saturated rings. The molecule has 104 valence electrons. The fourth-order valence-corrected chi connectivity index (χ4v) is 2.56. The molecule has 0 atom stereocenters. The first-order valence-electron chi connectivity index (χ1n) is 7.19. The van der Waals surface area contributed by atoms with E-state index in [0.29, 0.717) is 0 Å². The van der Waals surface area contributed by atoms with Crippen molar-refractivity contribution in [3.63, 3.8) is 0 Å². The van der Waals surface area contributed by atoms with Crippen molar-refractivity contribution >= 4 is 5.95 Å². The zero-order valence-corrected chi connectivity index (χ0v) is 11.8. The Bertz CT molecular complexity index is 574. The van der Waals surface area contributed by atoms with Crippen LogP contribution in [0.25, 0.3) is 11.3 Å². The van der Waals surface area contributed by atoms with Gasteiger partial charge in [0, 0.05) is 31.4 Å². The summed E-state index contributed by atoms with van der Waals surface area (Å²) in [6.07, 6.45) is 3.00. The topological polar surface area (TPSA) is 41.1 Å². The molecule has 4 heteroatoms. The SMILES string of the molecule is Cc1ccccc1-c1ccnc(N2CCCNCC2)n1. The first-order valence-corrected chi connectivity index (χ1v) is 7.19. The molecule has 1 N–H and O–H groups in total. The van der Waals surface area contributed by atoms with Crippen molar-refractivity contribution in [1.82, 2.24) is 15.3 Å². The molecule has 1 saturated heterocycles. The number of benzene rings is 1. The number of aromatic nitrogens is 2. The van der Waals surface area contributed by atoms with Gasteiger partial charge in [0.2, 0.25) is 5.95 Å². The third kappa shape index (κ3) is 2.80. The number of hydrogen-bond donors (Lipinski definition) is 1. The van der Waals surface area contributed by atoms with Gasteiger partial charge < -0.3 is 10.2 Å². The molecular weight excluding hydrogens is 248 g/mol. The Hall–Kier alpha value is -1.94. The Labute approximate surface area is 119 Å². The molecule has 0 aliphatic carbocycles. The van der Waals surface area contributed by atoms with Gasteiger partial charge in [-0.15, -0.1) is 0 Å². The molecule has 20 heavy (non-hydrogen) atoms. The second-order valence-electron chi connectivity index (χ2n) is 5.15. The van der Waals surface area contributed by atoms with Crippen LogP contribution < -0.4 is 10.2 Å². The van der Waals surface area contributed by atoms with E-state index >= 15 is 0 Å². The molecule has 1 aromatic heterocycles. The fraction of sp³-hybridized carbons (Fsp3) is 0.375. The molecule has 2 heterocycles. The smallest absolute Gasteiger partial charge is 0.225 e. The highest BCUT2D eigenvalue weighted by Gasteiger charge is 2.13. The van der Waals surface area contributed by atoms with Crippen LogP contribution in [0.4, 0.5) is 5.95 Å². The molecule has 0 saturated carbocycles. The van der Waals surface area contributed by atoms with E-state index in [1.165, 1.54) is 11.1 Å². The van der Waals surface area contributed by atoms with E-state index in [1.54, 1.807) is 0 Å². The summed E-state index contributed by atoms with van der Waals surface area (Å²) in [7, 11) is 0. The number of anilines is 1. The highest BCUT2D eigenvalue weighted by molar-refractivity contribution is 5.64. The van der Waals surface area contributed by atoms with Crippen molar-refractivity contribution in [3.05, 3.63) is 42.1 Å². The third-order valence-corrected chi connectivity index (χ3v) is 3.69. The van der Waals surface area contributed by atoms with Crippen LogP contribution in [0.15, 0.2) is 36.5 Å². The molecule has 1 aliphatic rings. The zero-order valence-electron chi connectivity index (χ0n) is 11.8. The van der Waals surface area contributed by atoms with Crippen molar-refractivity contribution in [2.75, 3.05) is 31.1 Å². The number of nitrogens with zero attached hydrogens (tertiary/aromatic N) is 3. The Kier molecular flexibility index (Phi) is 3.92. The monoisotopic (exact) mass is 268 g/mol. The minimum absolute atomic E-state index is 0.842. The maximum atomic E-state index is 4.76. The minimum Gasteiger partial charge on any atom is -0.339 e. The van der Waals surface area contributed by atoms with Crippen LogP contribution >= 0.6 is 0 Å². The van der Waals surface area contributed by atoms with Gasteiger partial charge in [-0.3, -0.25) is 0 Å². The molecule has 0 unspecified atom stereocenters. The van der Waals surface area contributed by atoms with Crippen molar-refractivity contribution in [2.24, 2.45) is 0 Å². The third-order valence-electron chi connectivity index (χ3n) is 3.69. The van der Waals surface area contributed by atoms with E-state index in [9.17, 15) is 0 Å². The molecule has 0 radical (unpaired) electrons. The second kappa shape index (κ2) is 6.01. The quantitative estimate of drug-likeness (QED) is 0.907. The van der Waals surface area contributed by atoms with Gasteiger partial charge >= 0.3 is 0 Å². The van der Waals surface area contributed by atoms with Crippen molar-refractivity contribution in [1.29, 1.82) is 0 Å². The average Bonchev–Trinajstić information content (AvgIpc) is 2.77. The van der Waals surface area contributed by atoms with Gasteiger partial charge in [-0.25, -0.2) is 9.97 Å². The average molecular weight is 268 g/mol. The lowest BCUT2D eigenvalue weighted by molar-refractivity contribution is 0.724. The summed E-state index contributed by atoms with van der Waals surface area (Å²) in [5.74, 6) is 0.842. The van der Waals surface area contributed by atoms with E-state index in [4.69, 9.17) is 4.98 Å². The van der Waals surface area contributed by atoms with Crippen LogP contribution in [-0.4, -0.2) is 36.1 Å². The van der Waals surface area contributed by atoms with Crippen molar-refractivity contribution in [2.45, 2.75) is 13.3 Å². The molecule has 3 rings (SSSR count). The lowest BCUT2D eigenvalue weighted by Crippen LogP contribution is -2.29. The van der Waals surface area contributed by atoms with Gasteiger partial charge in [-0.1, -0.05) is 24.3 Å². The maximum absolute atomic E-state index is 4.76. The number of aryl methyl sites for hydroxylation is 1. The molecule has 2 aromatic rings. The summed E-state index contributed by atoms with van der Waals surface area (Å²) >= 11 is 0. The summed E-state index contributed by atoms with van der Waals surface area (Å²) in [5, 5.41) is 3.41. The minimum atomic E-state index is 0.842. The normalized spacial score (nSPS) is 15.9. The molecule has 1 aliphatic heterocycles. The maximum Gasteiger partial charge on any atom is 0.225 e.